The smallest absolute Gasteiger partial charge is 0.0589 e. The molecule has 4 nitrogen and oxygen atoms in total. The number of aliphatic hydroxyl groups excluding tert-OH is 1. The van der Waals surface area contributed by atoms with E-state index in [0.29, 0.717) is 5.92 Å². The Morgan fingerprint density at radius 2 is 2.37 bits per heavy atom. The summed E-state index contributed by atoms with van der Waals surface area (Å²) in [5.74, 6) is 0.522. The summed E-state index contributed by atoms with van der Waals surface area (Å²) in [5, 5.41) is 9.66. The molecule has 4 heteroatoms. The highest BCUT2D eigenvalue weighted by molar-refractivity contribution is 5.17. The minimum atomic E-state index is 0.0727. The van der Waals surface area contributed by atoms with Gasteiger partial charge in [-0.3, -0.25) is 9.88 Å². The number of aliphatic hydroxyl groups is 1. The fourth-order valence-corrected chi connectivity index (χ4v) is 3.13. The molecule has 1 aromatic rings. The lowest BCUT2D eigenvalue weighted by Gasteiger charge is -2.37. The number of pyridine rings is 1. The van der Waals surface area contributed by atoms with E-state index in [1.807, 2.05) is 12.3 Å². The molecule has 0 spiro atoms. The van der Waals surface area contributed by atoms with E-state index in [1.54, 1.807) is 6.20 Å². The predicted molar refractivity (Wildman–Crippen MR) is 76.6 cm³/mol. The van der Waals surface area contributed by atoms with Gasteiger partial charge in [0.05, 0.1) is 12.6 Å². The first-order chi connectivity index (χ1) is 9.19. The third-order valence-corrected chi connectivity index (χ3v) is 4.37. The van der Waals surface area contributed by atoms with E-state index in [4.69, 9.17) is 5.73 Å². The van der Waals surface area contributed by atoms with E-state index >= 15 is 0 Å². The van der Waals surface area contributed by atoms with Crippen LogP contribution in [0.4, 0.5) is 0 Å². The average molecular weight is 263 g/mol. The molecule has 1 aliphatic rings. The molecule has 0 radical (unpaired) electrons. The molecular weight excluding hydrogens is 238 g/mol. The van der Waals surface area contributed by atoms with Gasteiger partial charge in [0.25, 0.3) is 0 Å². The van der Waals surface area contributed by atoms with E-state index in [0.717, 1.165) is 24.9 Å². The van der Waals surface area contributed by atoms with E-state index in [1.165, 1.54) is 0 Å². The number of nitrogens with two attached hydrogens (primary N) is 1. The van der Waals surface area contributed by atoms with Crippen molar-refractivity contribution < 1.29 is 5.11 Å². The Bertz CT molecular complexity index is 384. The van der Waals surface area contributed by atoms with Crippen molar-refractivity contribution in [2.75, 3.05) is 13.2 Å². The van der Waals surface area contributed by atoms with Gasteiger partial charge < -0.3 is 10.8 Å². The van der Waals surface area contributed by atoms with Gasteiger partial charge in [0.2, 0.25) is 0 Å². The zero-order valence-corrected chi connectivity index (χ0v) is 11.9. The number of nitrogens with zero attached hydrogens (tertiary/aromatic N) is 2. The van der Waals surface area contributed by atoms with Gasteiger partial charge in [-0.2, -0.15) is 0 Å². The lowest BCUT2D eigenvalue weighted by molar-refractivity contribution is 0.0892. The molecule has 3 N–H and O–H groups in total. The summed E-state index contributed by atoms with van der Waals surface area (Å²) in [7, 11) is 0. The summed E-state index contributed by atoms with van der Waals surface area (Å²) in [6.07, 6.45) is 5.73. The molecule has 0 aliphatic carbocycles. The molecule has 2 rings (SSSR count). The normalized spacial score (nSPS) is 27.4. The van der Waals surface area contributed by atoms with Gasteiger partial charge in [-0.1, -0.05) is 19.9 Å². The average Bonchev–Trinajstić information content (AvgIpc) is 2.81. The van der Waals surface area contributed by atoms with E-state index in [9.17, 15) is 5.11 Å². The van der Waals surface area contributed by atoms with Crippen LogP contribution < -0.4 is 5.73 Å². The van der Waals surface area contributed by atoms with Crippen LogP contribution >= 0.6 is 0 Å². The third-order valence-electron chi connectivity index (χ3n) is 4.37. The first-order valence-electron chi connectivity index (χ1n) is 7.21. The monoisotopic (exact) mass is 263 g/mol. The molecule has 0 aromatic carbocycles. The Labute approximate surface area is 115 Å². The number of likely N-dealkylation sites (tertiary alicyclic amines) is 1. The Morgan fingerprint density at radius 3 is 2.95 bits per heavy atom. The van der Waals surface area contributed by atoms with Crippen LogP contribution in [-0.2, 0) is 0 Å². The van der Waals surface area contributed by atoms with Gasteiger partial charge in [-0.25, -0.2) is 0 Å². The summed E-state index contributed by atoms with van der Waals surface area (Å²) in [6, 6.07) is 4.48. The second kappa shape index (κ2) is 6.46. The molecule has 1 fully saturated rings. The molecule has 0 saturated carbocycles. The van der Waals surface area contributed by atoms with Crippen LogP contribution in [-0.4, -0.2) is 40.2 Å². The van der Waals surface area contributed by atoms with Crippen molar-refractivity contribution in [3.8, 4) is 0 Å². The molecule has 4 unspecified atom stereocenters. The van der Waals surface area contributed by atoms with Gasteiger partial charge in [0, 0.05) is 24.5 Å². The zero-order chi connectivity index (χ0) is 13.8. The summed E-state index contributed by atoms with van der Waals surface area (Å²) >= 11 is 0. The van der Waals surface area contributed by atoms with Gasteiger partial charge in [-0.05, 0) is 36.9 Å². The molecule has 1 aliphatic heterocycles. The van der Waals surface area contributed by atoms with Crippen molar-refractivity contribution in [3.63, 3.8) is 0 Å². The van der Waals surface area contributed by atoms with Crippen LogP contribution in [0.25, 0.3) is 0 Å². The van der Waals surface area contributed by atoms with Gasteiger partial charge >= 0.3 is 0 Å². The molecule has 0 bridgehead atoms. The lowest BCUT2D eigenvalue weighted by atomic mass is 9.96. The highest BCUT2D eigenvalue weighted by Gasteiger charge is 2.37. The minimum Gasteiger partial charge on any atom is -0.395 e. The summed E-state index contributed by atoms with van der Waals surface area (Å²) in [6.45, 7) is 5.52. The molecule has 19 heavy (non-hydrogen) atoms. The summed E-state index contributed by atoms with van der Waals surface area (Å²) < 4.78 is 0. The molecule has 0 amide bonds. The Morgan fingerprint density at radius 1 is 1.58 bits per heavy atom. The molecule has 4 atom stereocenters. The molecule has 1 saturated heterocycles. The van der Waals surface area contributed by atoms with Crippen molar-refractivity contribution in [1.82, 2.24) is 9.88 Å². The highest BCUT2D eigenvalue weighted by atomic mass is 16.3. The fraction of sp³-hybridized carbons (Fsp3) is 0.667. The number of hydrogen-bond acceptors (Lipinski definition) is 4. The first-order valence-corrected chi connectivity index (χ1v) is 7.21. The molecule has 1 aromatic heterocycles. The number of hydrogen-bond donors (Lipinski definition) is 2. The summed E-state index contributed by atoms with van der Waals surface area (Å²) in [4.78, 5) is 6.59. The van der Waals surface area contributed by atoms with E-state index in [2.05, 4.69) is 29.8 Å². The van der Waals surface area contributed by atoms with E-state index in [-0.39, 0.29) is 24.7 Å². The van der Waals surface area contributed by atoms with Crippen LogP contribution in [0.3, 0.4) is 0 Å². The summed E-state index contributed by atoms with van der Waals surface area (Å²) in [5.41, 5.74) is 7.50. The Hall–Kier alpha value is -0.970. The van der Waals surface area contributed by atoms with Gasteiger partial charge in [0.1, 0.15) is 0 Å². The van der Waals surface area contributed by atoms with Crippen molar-refractivity contribution in [3.05, 3.63) is 30.1 Å². The van der Waals surface area contributed by atoms with E-state index < -0.39 is 0 Å². The van der Waals surface area contributed by atoms with Gasteiger partial charge in [-0.15, -0.1) is 0 Å². The highest BCUT2D eigenvalue weighted by Crippen LogP contribution is 2.34. The maximum Gasteiger partial charge on any atom is 0.0589 e. The molecular formula is C15H25N3O. The molecule has 106 valence electrons. The van der Waals surface area contributed by atoms with Crippen molar-refractivity contribution in [2.45, 2.75) is 44.8 Å². The largest absolute Gasteiger partial charge is 0.395 e. The predicted octanol–water partition coefficient (Wildman–Crippen LogP) is 1.56. The number of rotatable bonds is 5. The quantitative estimate of drug-likeness (QED) is 0.846. The number of aromatic nitrogens is 1. The van der Waals surface area contributed by atoms with Crippen LogP contribution in [0, 0.1) is 5.92 Å². The van der Waals surface area contributed by atoms with Crippen LogP contribution in [0.1, 0.15) is 38.3 Å². The maximum absolute atomic E-state index is 9.66. The first kappa shape index (κ1) is 14.4. The van der Waals surface area contributed by atoms with Crippen LogP contribution in [0.2, 0.25) is 0 Å². The SMILES string of the molecule is CCC(N)C(c1cccnc1)N1CCC(C)C1CO. The Balaban J connectivity index is 2.28. The zero-order valence-electron chi connectivity index (χ0n) is 11.9. The topological polar surface area (TPSA) is 62.4 Å². The fourth-order valence-electron chi connectivity index (χ4n) is 3.13. The second-order valence-corrected chi connectivity index (χ2v) is 5.56. The molecule has 2 heterocycles. The Kier molecular flexibility index (Phi) is 4.91. The standard InChI is InChI=1S/C15H25N3O/c1-3-13(16)15(12-5-4-7-17-9-12)18-8-6-11(2)14(18)10-19/h4-5,7,9,11,13-15,19H,3,6,8,10,16H2,1-2H3. The second-order valence-electron chi connectivity index (χ2n) is 5.56. The van der Waals surface area contributed by atoms with Crippen LogP contribution in [0.5, 0.6) is 0 Å². The van der Waals surface area contributed by atoms with Crippen LogP contribution in [0.15, 0.2) is 24.5 Å². The lowest BCUT2D eigenvalue weighted by Crippen LogP contribution is -2.45. The van der Waals surface area contributed by atoms with Crippen molar-refractivity contribution >= 4 is 0 Å². The minimum absolute atomic E-state index is 0.0727. The van der Waals surface area contributed by atoms with Crippen molar-refractivity contribution in [2.24, 2.45) is 11.7 Å². The van der Waals surface area contributed by atoms with Gasteiger partial charge in [0.15, 0.2) is 0 Å². The van der Waals surface area contributed by atoms with Crippen molar-refractivity contribution in [1.29, 1.82) is 0 Å². The maximum atomic E-state index is 9.66. The third kappa shape index (κ3) is 2.96.